The van der Waals surface area contributed by atoms with Gasteiger partial charge in [-0.05, 0) is 61.2 Å². The smallest absolute Gasteiger partial charge is 0.115 e. The minimum Gasteiger partial charge on any atom is -0.508 e. The van der Waals surface area contributed by atoms with Crippen LogP contribution in [-0.4, -0.2) is 36.2 Å². The molecule has 0 radical (unpaired) electrons. The number of rotatable bonds is 4. The summed E-state index contributed by atoms with van der Waals surface area (Å²) >= 11 is 0. The van der Waals surface area contributed by atoms with E-state index >= 15 is 0 Å². The van der Waals surface area contributed by atoms with E-state index in [2.05, 4.69) is 54.5 Å². The lowest BCUT2D eigenvalue weighted by Gasteiger charge is -2.37. The first-order valence-electron chi connectivity index (χ1n) is 9.35. The Morgan fingerprint density at radius 2 is 1.78 bits per heavy atom. The third kappa shape index (κ3) is 4.15. The van der Waals surface area contributed by atoms with Crippen molar-refractivity contribution in [3.05, 3.63) is 70.3 Å². The predicted octanol–water partition coefficient (Wildman–Crippen LogP) is 4.33. The van der Waals surface area contributed by atoms with Crippen molar-refractivity contribution in [2.24, 2.45) is 0 Å². The SMILES string of the molecule is C=C(O)c1cc(CN2CCN(c3cc(C)ccc3C#N)CC2)c(C)cc1C. The molecule has 0 amide bonds. The van der Waals surface area contributed by atoms with Crippen LogP contribution >= 0.6 is 0 Å². The van der Waals surface area contributed by atoms with Crippen LogP contribution in [0.1, 0.15) is 33.4 Å². The van der Waals surface area contributed by atoms with Crippen LogP contribution < -0.4 is 4.90 Å². The van der Waals surface area contributed by atoms with Crippen LogP contribution in [-0.2, 0) is 6.54 Å². The molecule has 0 spiro atoms. The van der Waals surface area contributed by atoms with Gasteiger partial charge in [-0.15, -0.1) is 0 Å². The molecule has 4 nitrogen and oxygen atoms in total. The van der Waals surface area contributed by atoms with E-state index in [4.69, 9.17) is 0 Å². The Bertz CT molecular complexity index is 903. The lowest BCUT2D eigenvalue weighted by atomic mass is 9.98. The van der Waals surface area contributed by atoms with Crippen molar-refractivity contribution in [1.29, 1.82) is 5.26 Å². The maximum absolute atomic E-state index is 9.82. The van der Waals surface area contributed by atoms with Gasteiger partial charge in [0.25, 0.3) is 0 Å². The van der Waals surface area contributed by atoms with Crippen molar-refractivity contribution < 1.29 is 5.11 Å². The van der Waals surface area contributed by atoms with Gasteiger partial charge in [-0.1, -0.05) is 18.7 Å². The zero-order valence-electron chi connectivity index (χ0n) is 16.4. The molecule has 1 aliphatic heterocycles. The number of aliphatic hydroxyl groups is 1. The van der Waals surface area contributed by atoms with Crippen LogP contribution in [0.2, 0.25) is 0 Å². The number of aliphatic hydroxyl groups excluding tert-OH is 1. The topological polar surface area (TPSA) is 50.5 Å². The van der Waals surface area contributed by atoms with Gasteiger partial charge >= 0.3 is 0 Å². The highest BCUT2D eigenvalue weighted by atomic mass is 16.3. The molecule has 2 aromatic rings. The van der Waals surface area contributed by atoms with Gasteiger partial charge in [0.05, 0.1) is 11.3 Å². The number of nitriles is 1. The van der Waals surface area contributed by atoms with Gasteiger partial charge in [0, 0.05) is 38.3 Å². The van der Waals surface area contributed by atoms with Gasteiger partial charge in [-0.25, -0.2) is 0 Å². The fourth-order valence-electron chi connectivity index (χ4n) is 3.76. The van der Waals surface area contributed by atoms with Crippen LogP contribution in [0, 0.1) is 32.1 Å². The molecule has 1 saturated heterocycles. The van der Waals surface area contributed by atoms with Crippen molar-refractivity contribution in [2.75, 3.05) is 31.1 Å². The summed E-state index contributed by atoms with van der Waals surface area (Å²) in [7, 11) is 0. The third-order valence-electron chi connectivity index (χ3n) is 5.37. The molecule has 4 heteroatoms. The summed E-state index contributed by atoms with van der Waals surface area (Å²) in [5.74, 6) is 0.127. The van der Waals surface area contributed by atoms with E-state index in [-0.39, 0.29) is 5.76 Å². The second-order valence-corrected chi connectivity index (χ2v) is 7.44. The molecule has 0 atom stereocenters. The average molecular weight is 361 g/mol. The summed E-state index contributed by atoms with van der Waals surface area (Å²) < 4.78 is 0. The van der Waals surface area contributed by atoms with Crippen molar-refractivity contribution in [3.63, 3.8) is 0 Å². The summed E-state index contributed by atoms with van der Waals surface area (Å²) in [5, 5.41) is 19.2. The Morgan fingerprint density at radius 1 is 1.07 bits per heavy atom. The molecule has 0 saturated carbocycles. The van der Waals surface area contributed by atoms with E-state index in [0.717, 1.165) is 55.1 Å². The van der Waals surface area contributed by atoms with Crippen molar-refractivity contribution in [2.45, 2.75) is 27.3 Å². The first-order valence-corrected chi connectivity index (χ1v) is 9.35. The summed E-state index contributed by atoms with van der Waals surface area (Å²) in [6.07, 6.45) is 0. The molecule has 140 valence electrons. The molecule has 1 N–H and O–H groups in total. The number of hydrogen-bond donors (Lipinski definition) is 1. The highest BCUT2D eigenvalue weighted by molar-refractivity contribution is 5.62. The molecule has 1 heterocycles. The van der Waals surface area contributed by atoms with Crippen LogP contribution in [0.3, 0.4) is 0 Å². The molecular weight excluding hydrogens is 334 g/mol. The van der Waals surface area contributed by atoms with E-state index in [1.165, 1.54) is 16.7 Å². The Labute approximate surface area is 162 Å². The summed E-state index contributed by atoms with van der Waals surface area (Å²) in [4.78, 5) is 4.74. The molecule has 1 fully saturated rings. The van der Waals surface area contributed by atoms with E-state index < -0.39 is 0 Å². The highest BCUT2D eigenvalue weighted by Crippen LogP contribution is 2.25. The lowest BCUT2D eigenvalue weighted by molar-refractivity contribution is 0.249. The van der Waals surface area contributed by atoms with E-state index in [0.29, 0.717) is 0 Å². The maximum Gasteiger partial charge on any atom is 0.115 e. The molecule has 27 heavy (non-hydrogen) atoms. The van der Waals surface area contributed by atoms with Gasteiger partial charge in [-0.3, -0.25) is 4.90 Å². The Hall–Kier alpha value is -2.77. The van der Waals surface area contributed by atoms with Gasteiger partial charge in [0.2, 0.25) is 0 Å². The number of nitrogens with zero attached hydrogens (tertiary/aromatic N) is 3. The second-order valence-electron chi connectivity index (χ2n) is 7.44. The molecule has 0 aliphatic carbocycles. The van der Waals surface area contributed by atoms with Crippen LogP contribution in [0.4, 0.5) is 5.69 Å². The number of benzene rings is 2. The zero-order valence-corrected chi connectivity index (χ0v) is 16.4. The minimum atomic E-state index is 0.127. The molecule has 0 unspecified atom stereocenters. The van der Waals surface area contributed by atoms with Gasteiger partial charge in [0.15, 0.2) is 0 Å². The molecule has 0 aromatic heterocycles. The summed E-state index contributed by atoms with van der Waals surface area (Å²) in [6.45, 7) is 14.4. The Kier molecular flexibility index (Phi) is 5.53. The summed E-state index contributed by atoms with van der Waals surface area (Å²) in [5.41, 5.74) is 7.32. The molecule has 3 rings (SSSR count). The van der Waals surface area contributed by atoms with Crippen molar-refractivity contribution >= 4 is 11.4 Å². The predicted molar refractivity (Wildman–Crippen MR) is 111 cm³/mol. The van der Waals surface area contributed by atoms with Crippen molar-refractivity contribution in [1.82, 2.24) is 4.90 Å². The highest BCUT2D eigenvalue weighted by Gasteiger charge is 2.20. The maximum atomic E-state index is 9.82. The molecule has 1 aliphatic rings. The second kappa shape index (κ2) is 7.85. The molecular formula is C23H27N3O. The van der Waals surface area contributed by atoms with Crippen LogP contribution in [0.25, 0.3) is 5.76 Å². The number of aryl methyl sites for hydroxylation is 3. The fraction of sp³-hybridized carbons (Fsp3) is 0.348. The minimum absolute atomic E-state index is 0.127. The van der Waals surface area contributed by atoms with Gasteiger partial charge in [-0.2, -0.15) is 5.26 Å². The quantitative estimate of drug-likeness (QED) is 0.823. The standard InChI is InChI=1S/C23H27N3O/c1-16-5-6-20(14-24)23(11-16)26-9-7-25(8-10-26)15-21-13-22(19(4)27)18(3)12-17(21)2/h5-6,11-13,27H,4,7-10,15H2,1-3H3. The Balaban J connectivity index is 1.71. The van der Waals surface area contributed by atoms with Gasteiger partial charge in [0.1, 0.15) is 11.8 Å². The monoisotopic (exact) mass is 361 g/mol. The average Bonchev–Trinajstić information content (AvgIpc) is 2.64. The number of hydrogen-bond acceptors (Lipinski definition) is 4. The fourth-order valence-corrected chi connectivity index (χ4v) is 3.76. The van der Waals surface area contributed by atoms with Crippen LogP contribution in [0.15, 0.2) is 36.9 Å². The first-order chi connectivity index (χ1) is 12.9. The van der Waals surface area contributed by atoms with E-state index in [1.54, 1.807) is 0 Å². The largest absolute Gasteiger partial charge is 0.508 e. The molecule has 2 aromatic carbocycles. The summed E-state index contributed by atoms with van der Waals surface area (Å²) in [6, 6.07) is 12.5. The lowest BCUT2D eigenvalue weighted by Crippen LogP contribution is -2.46. The van der Waals surface area contributed by atoms with E-state index in [1.807, 2.05) is 19.1 Å². The van der Waals surface area contributed by atoms with Crippen molar-refractivity contribution in [3.8, 4) is 6.07 Å². The number of anilines is 1. The first kappa shape index (κ1) is 19.0. The number of piperazine rings is 1. The van der Waals surface area contributed by atoms with Crippen LogP contribution in [0.5, 0.6) is 0 Å². The molecule has 0 bridgehead atoms. The van der Waals surface area contributed by atoms with E-state index in [9.17, 15) is 10.4 Å². The zero-order chi connectivity index (χ0) is 19.6. The normalized spacial score (nSPS) is 14.8. The van der Waals surface area contributed by atoms with Gasteiger partial charge < -0.3 is 10.0 Å². The third-order valence-corrected chi connectivity index (χ3v) is 5.37. The Morgan fingerprint density at radius 3 is 2.41 bits per heavy atom.